The molecule has 0 aliphatic heterocycles. The largest absolute Gasteiger partial charge is 0.524 e. The van der Waals surface area contributed by atoms with Gasteiger partial charge in [-0.25, -0.2) is 9.36 Å². The second kappa shape index (κ2) is 16.2. The maximum atomic E-state index is 11.4. The van der Waals surface area contributed by atoms with Gasteiger partial charge < -0.3 is 24.6 Å². The number of phosphoric acid groups is 1. The van der Waals surface area contributed by atoms with Crippen LogP contribution in [0.25, 0.3) is 6.08 Å². The molecule has 2 aromatic carbocycles. The minimum absolute atomic E-state index is 0. The first-order valence-corrected chi connectivity index (χ1v) is 14.2. The Morgan fingerprint density at radius 1 is 1.18 bits per heavy atom. The maximum absolute atomic E-state index is 11.4. The Morgan fingerprint density at radius 2 is 1.80 bits per heavy atom. The van der Waals surface area contributed by atoms with Crippen molar-refractivity contribution in [1.29, 1.82) is 0 Å². The topological polar surface area (TPSA) is 154 Å². The van der Waals surface area contributed by atoms with E-state index in [0.29, 0.717) is 22.6 Å². The first-order chi connectivity index (χ1) is 18.2. The Morgan fingerprint density at radius 3 is 2.35 bits per heavy atom. The number of aliphatic hydroxyl groups is 2. The molecule has 0 heterocycles. The van der Waals surface area contributed by atoms with Gasteiger partial charge in [-0.15, -0.1) is 0 Å². The zero-order valence-electron chi connectivity index (χ0n) is 22.8. The smallest absolute Gasteiger partial charge is 0.487 e. The van der Waals surface area contributed by atoms with Crippen molar-refractivity contribution >= 4 is 31.5 Å². The number of aliphatic hydroxyl groups excluding tert-OH is 1. The Kier molecular flexibility index (Phi) is 14.8. The van der Waals surface area contributed by atoms with Gasteiger partial charge in [-0.2, -0.15) is 0 Å². The molecule has 3 unspecified atom stereocenters. The number of hydrogen-bond acceptors (Lipinski definition) is 6. The molecule has 0 saturated heterocycles. The molecule has 0 spiro atoms. The summed E-state index contributed by atoms with van der Waals surface area (Å²) in [6.45, 7) is 8.13. The fraction of sp³-hybridized carbons (Fsp3) is 0.393. The van der Waals surface area contributed by atoms with Gasteiger partial charge in [-0.05, 0) is 67.4 Å². The third-order valence-electron chi connectivity index (χ3n) is 6.43. The Balaban J connectivity index is 0.00000261. The van der Waals surface area contributed by atoms with Crippen molar-refractivity contribution in [1.82, 2.24) is 0 Å². The van der Waals surface area contributed by atoms with E-state index in [1.54, 1.807) is 31.2 Å². The molecule has 2 aromatic rings. The number of carboxylic acids is 1. The zero-order chi connectivity index (χ0) is 29.4. The summed E-state index contributed by atoms with van der Waals surface area (Å²) in [5.41, 5.74) is 1.88. The van der Waals surface area contributed by atoms with E-state index in [0.717, 1.165) is 38.0 Å². The monoisotopic (exact) mass is 671 g/mol. The summed E-state index contributed by atoms with van der Waals surface area (Å²) in [5, 5.41) is 27.8. The average molecular weight is 672 g/mol. The third kappa shape index (κ3) is 11.4. The zero-order valence-corrected chi connectivity index (χ0v) is 27.3. The van der Waals surface area contributed by atoms with E-state index in [1.165, 1.54) is 18.2 Å². The van der Waals surface area contributed by atoms with Crippen LogP contribution >= 0.6 is 19.4 Å². The van der Waals surface area contributed by atoms with Crippen molar-refractivity contribution in [2.24, 2.45) is 11.8 Å². The standard InChI is InChI=1S/C27H32ClO8P.CH4O.Y/c1-17-12-18(2)14-22(13-17)27(3,31)15-21-7-6-20(8-11-24(29)30)26(25(21)28)35-16-19-4-9-23(10-5-19)36-37(32,33)34;1-2;/h4-11,18,22,31H,1,12-16H2,2-3H3,(H,29,30)(H2,32,33,34);2H,1H3;/b11-8+;;. The van der Waals surface area contributed by atoms with Crippen molar-refractivity contribution in [2.45, 2.75) is 51.7 Å². The Labute approximate surface area is 265 Å². The van der Waals surface area contributed by atoms with E-state index < -0.39 is 19.4 Å². The summed E-state index contributed by atoms with van der Waals surface area (Å²) in [5.74, 6) is -0.381. The molecule has 12 heteroatoms. The number of benzene rings is 2. The molecule has 0 aromatic heterocycles. The van der Waals surface area contributed by atoms with Crippen molar-refractivity contribution < 1.29 is 76.4 Å². The van der Waals surface area contributed by atoms with Crippen LogP contribution in [0, 0.1) is 11.8 Å². The number of halogens is 1. The van der Waals surface area contributed by atoms with Gasteiger partial charge in [0, 0.05) is 57.9 Å². The SMILES string of the molecule is C=C1CC(C)CC(C(C)(O)Cc2ccc(/C=C/C(=O)O)c(OCc3ccc(OP(=O)(O)O)cc3)c2Cl)C1.CO.[Y]. The van der Waals surface area contributed by atoms with Gasteiger partial charge in [0.1, 0.15) is 18.1 Å². The van der Waals surface area contributed by atoms with Crippen LogP contribution in [0.15, 0.2) is 54.6 Å². The summed E-state index contributed by atoms with van der Waals surface area (Å²) in [4.78, 5) is 29.0. The van der Waals surface area contributed by atoms with E-state index in [9.17, 15) is 14.5 Å². The maximum Gasteiger partial charge on any atom is 0.524 e. The molecule has 1 fully saturated rings. The van der Waals surface area contributed by atoms with Gasteiger partial charge in [0.25, 0.3) is 0 Å². The van der Waals surface area contributed by atoms with E-state index in [4.69, 9.17) is 36.3 Å². The van der Waals surface area contributed by atoms with Gasteiger partial charge in [0.05, 0.1) is 10.6 Å². The van der Waals surface area contributed by atoms with Crippen LogP contribution in [0.2, 0.25) is 5.02 Å². The molecule has 9 nitrogen and oxygen atoms in total. The molecule has 1 radical (unpaired) electrons. The summed E-state index contributed by atoms with van der Waals surface area (Å²) in [6.07, 6.45) is 5.24. The van der Waals surface area contributed by atoms with E-state index >= 15 is 0 Å². The van der Waals surface area contributed by atoms with Crippen LogP contribution in [0.5, 0.6) is 11.5 Å². The second-order valence-electron chi connectivity index (χ2n) is 9.87. The second-order valence-corrected chi connectivity index (χ2v) is 11.4. The van der Waals surface area contributed by atoms with Crippen LogP contribution in [0.4, 0.5) is 0 Å². The normalized spacial score (nSPS) is 18.6. The van der Waals surface area contributed by atoms with E-state index in [-0.39, 0.29) is 68.2 Å². The molecule has 1 aliphatic carbocycles. The van der Waals surface area contributed by atoms with Gasteiger partial charge >= 0.3 is 13.8 Å². The first-order valence-electron chi connectivity index (χ1n) is 12.3. The number of hydrogen-bond donors (Lipinski definition) is 5. The molecule has 1 aliphatic rings. The predicted octanol–water partition coefficient (Wildman–Crippen LogP) is 5.38. The van der Waals surface area contributed by atoms with Crippen molar-refractivity contribution in [3.63, 3.8) is 0 Å². The number of allylic oxidation sites excluding steroid dienone is 1. The molecular weight excluding hydrogens is 636 g/mol. The molecule has 217 valence electrons. The number of aliphatic carboxylic acids is 1. The van der Waals surface area contributed by atoms with Gasteiger partial charge in [-0.1, -0.05) is 54.9 Å². The molecule has 40 heavy (non-hydrogen) atoms. The van der Waals surface area contributed by atoms with Crippen molar-refractivity contribution in [3.8, 4) is 11.5 Å². The summed E-state index contributed by atoms with van der Waals surface area (Å²) in [7, 11) is -3.66. The first kappa shape index (κ1) is 36.5. The quantitative estimate of drug-likeness (QED) is 0.127. The van der Waals surface area contributed by atoms with Gasteiger partial charge in [-0.3, -0.25) is 9.79 Å². The number of carboxylic acid groups (broad SMARTS) is 1. The number of phosphoric ester groups is 1. The minimum atomic E-state index is -4.66. The molecule has 5 N–H and O–H groups in total. The molecule has 3 rings (SSSR count). The molecule has 1 saturated carbocycles. The van der Waals surface area contributed by atoms with Gasteiger partial charge in [0.15, 0.2) is 0 Å². The van der Waals surface area contributed by atoms with E-state index in [2.05, 4.69) is 18.0 Å². The number of carbonyl (C=O) groups is 1. The predicted molar refractivity (Wildman–Crippen MR) is 150 cm³/mol. The number of rotatable bonds is 10. The van der Waals surface area contributed by atoms with Crippen molar-refractivity contribution in [3.05, 3.63) is 76.3 Å². The fourth-order valence-electron chi connectivity index (χ4n) is 4.71. The van der Waals surface area contributed by atoms with Crippen LogP contribution in [0.1, 0.15) is 49.8 Å². The molecule has 0 bridgehead atoms. The van der Waals surface area contributed by atoms with Crippen LogP contribution in [-0.2, 0) is 55.1 Å². The summed E-state index contributed by atoms with van der Waals surface area (Å²) in [6, 6.07) is 9.43. The minimum Gasteiger partial charge on any atom is -0.487 e. The Bertz CT molecular complexity index is 1230. The molecule has 0 amide bonds. The number of ether oxygens (including phenoxy) is 1. The van der Waals surface area contributed by atoms with Crippen LogP contribution in [0.3, 0.4) is 0 Å². The van der Waals surface area contributed by atoms with Gasteiger partial charge in [0.2, 0.25) is 0 Å². The summed E-state index contributed by atoms with van der Waals surface area (Å²) < 4.78 is 21.6. The summed E-state index contributed by atoms with van der Waals surface area (Å²) >= 11 is 6.75. The molecule has 3 atom stereocenters. The average Bonchev–Trinajstić information content (AvgIpc) is 2.84. The van der Waals surface area contributed by atoms with Crippen molar-refractivity contribution in [2.75, 3.05) is 7.11 Å². The van der Waals surface area contributed by atoms with Crippen LogP contribution in [-0.4, -0.2) is 43.8 Å². The fourth-order valence-corrected chi connectivity index (χ4v) is 5.40. The van der Waals surface area contributed by atoms with E-state index in [1.807, 2.05) is 0 Å². The third-order valence-corrected chi connectivity index (χ3v) is 7.29. The molecular formula is C28H36ClO9PY. The van der Waals surface area contributed by atoms with Crippen LogP contribution < -0.4 is 9.26 Å². The Hall–Kier alpha value is -1.55.